The molecule has 6 nitrogen and oxygen atoms in total. The molecule has 0 aromatic carbocycles. The van der Waals surface area contributed by atoms with Crippen molar-refractivity contribution in [2.75, 3.05) is 18.5 Å². The molecule has 116 valence electrons. The number of fused-ring (bicyclic) bond motifs is 1. The van der Waals surface area contributed by atoms with Gasteiger partial charge in [0.1, 0.15) is 5.00 Å². The minimum atomic E-state index is -0.420. The maximum Gasteiger partial charge on any atom is 0.341 e. The fourth-order valence-corrected chi connectivity index (χ4v) is 3.48. The lowest BCUT2D eigenvalue weighted by molar-refractivity contribution is 0.0524. The van der Waals surface area contributed by atoms with Crippen LogP contribution in [0.3, 0.4) is 0 Å². The van der Waals surface area contributed by atoms with Crippen LogP contribution in [-0.4, -0.2) is 25.1 Å². The number of rotatable bonds is 4. The quantitative estimate of drug-likeness (QED) is 0.876. The Morgan fingerprint density at radius 1 is 1.45 bits per heavy atom. The molecule has 0 bridgehead atoms. The normalized spacial score (nSPS) is 13.5. The van der Waals surface area contributed by atoms with Gasteiger partial charge >= 0.3 is 5.97 Å². The van der Waals surface area contributed by atoms with Crippen LogP contribution in [-0.2, 0) is 22.5 Å². The Kier molecular flexibility index (Phi) is 4.26. The van der Waals surface area contributed by atoms with Crippen LogP contribution in [0.15, 0.2) is 22.8 Å². The number of carbonyl (C=O) groups is 2. The first-order valence-corrected chi connectivity index (χ1v) is 7.76. The molecule has 1 aliphatic rings. The Labute approximate surface area is 131 Å². The monoisotopic (exact) mass is 321 g/mol. The number of amides is 1. The lowest BCUT2D eigenvalue weighted by Crippen LogP contribution is -2.16. The molecule has 3 rings (SSSR count). The molecule has 22 heavy (non-hydrogen) atoms. The number of hydrogen-bond acceptors (Lipinski definition) is 6. The second kappa shape index (κ2) is 6.33. The molecule has 2 aromatic rings. The largest absolute Gasteiger partial charge is 0.462 e. The molecule has 0 saturated carbocycles. The van der Waals surface area contributed by atoms with Gasteiger partial charge in [-0.3, -0.25) is 4.79 Å². The van der Waals surface area contributed by atoms with Gasteiger partial charge in [-0.05, 0) is 31.0 Å². The second-order valence-electron chi connectivity index (χ2n) is 4.66. The average Bonchev–Trinajstić information content (AvgIpc) is 3.14. The third-order valence-electron chi connectivity index (χ3n) is 3.27. The van der Waals surface area contributed by atoms with Crippen molar-refractivity contribution >= 4 is 28.2 Å². The van der Waals surface area contributed by atoms with Gasteiger partial charge in [0.2, 0.25) is 0 Å². The summed E-state index contributed by atoms with van der Waals surface area (Å²) in [6.45, 7) is 3.04. The van der Waals surface area contributed by atoms with E-state index in [9.17, 15) is 9.59 Å². The van der Waals surface area contributed by atoms with Crippen molar-refractivity contribution in [1.29, 1.82) is 0 Å². The molecule has 2 aromatic heterocycles. The molecule has 0 radical (unpaired) electrons. The topological polar surface area (TPSA) is 77.8 Å². The number of ether oxygens (including phenoxy) is 2. The zero-order chi connectivity index (χ0) is 15.5. The van der Waals surface area contributed by atoms with Crippen molar-refractivity contribution in [2.24, 2.45) is 0 Å². The van der Waals surface area contributed by atoms with Crippen LogP contribution in [0.4, 0.5) is 5.00 Å². The highest BCUT2D eigenvalue weighted by Crippen LogP contribution is 2.37. The van der Waals surface area contributed by atoms with E-state index >= 15 is 0 Å². The van der Waals surface area contributed by atoms with Gasteiger partial charge < -0.3 is 19.2 Å². The third-order valence-corrected chi connectivity index (χ3v) is 4.39. The summed E-state index contributed by atoms with van der Waals surface area (Å²) in [4.78, 5) is 25.3. The number of anilines is 1. The van der Waals surface area contributed by atoms with E-state index in [0.717, 1.165) is 10.4 Å². The predicted molar refractivity (Wildman–Crippen MR) is 80.3 cm³/mol. The highest BCUT2D eigenvalue weighted by Gasteiger charge is 2.28. The van der Waals surface area contributed by atoms with Gasteiger partial charge in [-0.15, -0.1) is 11.3 Å². The van der Waals surface area contributed by atoms with Gasteiger partial charge in [-0.2, -0.15) is 0 Å². The molecule has 3 heterocycles. The summed E-state index contributed by atoms with van der Waals surface area (Å²) in [5.41, 5.74) is 1.34. The molecule has 0 aliphatic carbocycles. The molecule has 7 heteroatoms. The first kappa shape index (κ1) is 14.8. The van der Waals surface area contributed by atoms with E-state index in [2.05, 4.69) is 5.32 Å². The van der Waals surface area contributed by atoms with E-state index < -0.39 is 11.9 Å². The lowest BCUT2D eigenvalue weighted by atomic mass is 10.1. The first-order chi connectivity index (χ1) is 10.7. The van der Waals surface area contributed by atoms with Crippen LogP contribution in [0.25, 0.3) is 0 Å². The van der Waals surface area contributed by atoms with Crippen LogP contribution in [0.2, 0.25) is 0 Å². The van der Waals surface area contributed by atoms with E-state index in [4.69, 9.17) is 13.9 Å². The molecule has 0 atom stereocenters. The number of carbonyl (C=O) groups excluding carboxylic acids is 2. The lowest BCUT2D eigenvalue weighted by Gasteiger charge is -2.13. The van der Waals surface area contributed by atoms with Crippen molar-refractivity contribution in [3.63, 3.8) is 0 Å². The van der Waals surface area contributed by atoms with Gasteiger partial charge in [-0.25, -0.2) is 4.79 Å². The smallest absolute Gasteiger partial charge is 0.341 e. The fraction of sp³-hybridized carbons (Fsp3) is 0.333. The van der Waals surface area contributed by atoms with Crippen molar-refractivity contribution in [1.82, 2.24) is 0 Å². The minimum Gasteiger partial charge on any atom is -0.462 e. The molecule has 1 amide bonds. The number of thiophene rings is 1. The van der Waals surface area contributed by atoms with Gasteiger partial charge in [0, 0.05) is 4.88 Å². The number of nitrogens with one attached hydrogen (secondary N) is 1. The van der Waals surface area contributed by atoms with Crippen molar-refractivity contribution in [3.8, 4) is 0 Å². The van der Waals surface area contributed by atoms with Crippen molar-refractivity contribution in [2.45, 2.75) is 20.0 Å². The third kappa shape index (κ3) is 2.77. The zero-order valence-electron chi connectivity index (χ0n) is 12.0. The number of furan rings is 1. The summed E-state index contributed by atoms with van der Waals surface area (Å²) in [7, 11) is 0. The molecule has 0 spiro atoms. The Hall–Kier alpha value is -2.12. The van der Waals surface area contributed by atoms with Gasteiger partial charge in [0.15, 0.2) is 5.76 Å². The van der Waals surface area contributed by atoms with Crippen LogP contribution in [0, 0.1) is 0 Å². The van der Waals surface area contributed by atoms with E-state index in [0.29, 0.717) is 30.2 Å². The first-order valence-electron chi connectivity index (χ1n) is 6.95. The van der Waals surface area contributed by atoms with E-state index in [-0.39, 0.29) is 12.4 Å². The molecule has 0 fully saturated rings. The average molecular weight is 321 g/mol. The number of hydrogen-bond donors (Lipinski definition) is 1. The van der Waals surface area contributed by atoms with E-state index in [1.54, 1.807) is 19.1 Å². The maximum absolute atomic E-state index is 12.2. The maximum atomic E-state index is 12.2. The molecule has 0 unspecified atom stereocenters. The van der Waals surface area contributed by atoms with Crippen molar-refractivity contribution in [3.05, 3.63) is 40.2 Å². The Morgan fingerprint density at radius 3 is 3.05 bits per heavy atom. The standard InChI is InChI=1S/C15H15NO5S/c1-2-20-15(18)12-9-5-7-19-8-11(9)22-14(12)16-13(17)10-4-3-6-21-10/h3-4,6H,2,5,7-8H2,1H3,(H,16,17). The van der Waals surface area contributed by atoms with Crippen LogP contribution in [0.1, 0.15) is 38.3 Å². The van der Waals surface area contributed by atoms with Gasteiger partial charge in [-0.1, -0.05) is 0 Å². The molecule has 1 N–H and O–H groups in total. The van der Waals surface area contributed by atoms with Gasteiger partial charge in [0.25, 0.3) is 5.91 Å². The van der Waals surface area contributed by atoms with Crippen LogP contribution >= 0.6 is 11.3 Å². The summed E-state index contributed by atoms with van der Waals surface area (Å²) in [6, 6.07) is 3.20. The zero-order valence-corrected chi connectivity index (χ0v) is 12.8. The van der Waals surface area contributed by atoms with Crippen molar-refractivity contribution < 1.29 is 23.5 Å². The summed E-state index contributed by atoms with van der Waals surface area (Å²) >= 11 is 1.34. The summed E-state index contributed by atoms with van der Waals surface area (Å²) in [6.07, 6.45) is 2.06. The number of esters is 1. The molecular formula is C15H15NO5S. The Morgan fingerprint density at radius 2 is 2.32 bits per heavy atom. The van der Waals surface area contributed by atoms with Crippen LogP contribution < -0.4 is 5.32 Å². The molecular weight excluding hydrogens is 306 g/mol. The highest BCUT2D eigenvalue weighted by molar-refractivity contribution is 7.17. The Balaban J connectivity index is 1.94. The summed E-state index contributed by atoms with van der Waals surface area (Å²) in [5.74, 6) is -0.621. The Bertz CT molecular complexity index is 689. The summed E-state index contributed by atoms with van der Waals surface area (Å²) in [5, 5.41) is 3.22. The summed E-state index contributed by atoms with van der Waals surface area (Å²) < 4.78 is 15.6. The van der Waals surface area contributed by atoms with E-state index in [1.807, 2.05) is 0 Å². The van der Waals surface area contributed by atoms with Crippen LogP contribution in [0.5, 0.6) is 0 Å². The molecule has 0 saturated heterocycles. The van der Waals surface area contributed by atoms with Gasteiger partial charge in [0.05, 0.1) is 31.6 Å². The highest BCUT2D eigenvalue weighted by atomic mass is 32.1. The second-order valence-corrected chi connectivity index (χ2v) is 5.77. The predicted octanol–water partition coefficient (Wildman–Crippen LogP) is 2.84. The minimum absolute atomic E-state index is 0.192. The van der Waals surface area contributed by atoms with E-state index in [1.165, 1.54) is 17.6 Å². The molecule has 1 aliphatic heterocycles. The SMILES string of the molecule is CCOC(=O)c1c(NC(=O)c2ccco2)sc2c1CCOC2. The fourth-order valence-electron chi connectivity index (χ4n) is 2.31.